The Kier molecular flexibility index (Phi) is 2.38. The highest BCUT2D eigenvalue weighted by Crippen LogP contribution is 2.16. The Hall–Kier alpha value is -0.720. The van der Waals surface area contributed by atoms with Gasteiger partial charge in [-0.2, -0.15) is 0 Å². The predicted octanol–water partition coefficient (Wildman–Crippen LogP) is 2.42. The predicted molar refractivity (Wildman–Crippen MR) is 49.3 cm³/mol. The van der Waals surface area contributed by atoms with Crippen LogP contribution in [0.3, 0.4) is 0 Å². The van der Waals surface area contributed by atoms with Crippen LogP contribution in [0.25, 0.3) is 0 Å². The Morgan fingerprint density at radius 2 is 2.00 bits per heavy atom. The minimum absolute atomic E-state index is 0.398. The van der Waals surface area contributed by atoms with Crippen molar-refractivity contribution >= 4 is 0 Å². The highest BCUT2D eigenvalue weighted by molar-refractivity contribution is 5.08. The van der Waals surface area contributed by atoms with E-state index in [1.165, 1.54) is 0 Å². The van der Waals surface area contributed by atoms with Gasteiger partial charge in [0.15, 0.2) is 0 Å². The van der Waals surface area contributed by atoms with E-state index in [2.05, 4.69) is 50.1 Å². The van der Waals surface area contributed by atoms with E-state index >= 15 is 0 Å². The Labute approximate surface area is 69.4 Å². The molecule has 11 heavy (non-hydrogen) atoms. The van der Waals surface area contributed by atoms with Crippen LogP contribution in [-0.4, -0.2) is 18.0 Å². The summed E-state index contributed by atoms with van der Waals surface area (Å²) in [6.07, 6.45) is 8.53. The summed E-state index contributed by atoms with van der Waals surface area (Å²) < 4.78 is 0. The lowest BCUT2D eigenvalue weighted by atomic mass is 9.96. The lowest BCUT2D eigenvalue weighted by molar-refractivity contribution is 0.266. The van der Waals surface area contributed by atoms with Crippen LogP contribution in [0.4, 0.5) is 0 Å². The molecule has 0 saturated heterocycles. The largest absolute Gasteiger partial charge is 0.373 e. The van der Waals surface area contributed by atoms with Gasteiger partial charge >= 0.3 is 0 Å². The van der Waals surface area contributed by atoms with E-state index in [0.717, 1.165) is 13.1 Å². The molecular weight excluding hydrogens is 134 g/mol. The zero-order valence-electron chi connectivity index (χ0n) is 7.67. The zero-order chi connectivity index (χ0) is 8.32. The maximum absolute atomic E-state index is 2.33. The molecule has 0 aliphatic carbocycles. The standard InChI is InChI=1S/C10H17N/c1-10(2,3)9-11-7-5-4-6-8-11/h4-7H,8-9H2,1-3H3. The molecule has 0 radical (unpaired) electrons. The van der Waals surface area contributed by atoms with E-state index < -0.39 is 0 Å². The van der Waals surface area contributed by atoms with Crippen molar-refractivity contribution in [1.29, 1.82) is 0 Å². The summed E-state index contributed by atoms with van der Waals surface area (Å²) in [5.74, 6) is 0. The fourth-order valence-electron chi connectivity index (χ4n) is 1.23. The first-order valence-electron chi connectivity index (χ1n) is 4.15. The van der Waals surface area contributed by atoms with Crippen LogP contribution in [0, 0.1) is 5.41 Å². The number of allylic oxidation sites excluding steroid dienone is 2. The minimum Gasteiger partial charge on any atom is -0.373 e. The Bertz CT molecular complexity index is 172. The molecule has 0 spiro atoms. The van der Waals surface area contributed by atoms with Gasteiger partial charge in [-0.3, -0.25) is 0 Å². The summed E-state index contributed by atoms with van der Waals surface area (Å²) in [6.45, 7) is 8.99. The Morgan fingerprint density at radius 1 is 1.27 bits per heavy atom. The number of hydrogen-bond donors (Lipinski definition) is 0. The van der Waals surface area contributed by atoms with Crippen LogP contribution < -0.4 is 0 Å². The summed E-state index contributed by atoms with van der Waals surface area (Å²) in [7, 11) is 0. The maximum atomic E-state index is 2.33. The van der Waals surface area contributed by atoms with Gasteiger partial charge < -0.3 is 4.90 Å². The fourth-order valence-corrected chi connectivity index (χ4v) is 1.23. The molecule has 0 fully saturated rings. The molecule has 1 heterocycles. The van der Waals surface area contributed by atoms with Gasteiger partial charge in [-0.05, 0) is 17.7 Å². The van der Waals surface area contributed by atoms with Gasteiger partial charge in [0.2, 0.25) is 0 Å². The molecule has 0 saturated carbocycles. The van der Waals surface area contributed by atoms with Gasteiger partial charge in [0.05, 0.1) is 0 Å². The SMILES string of the molecule is CC(C)(C)CN1C=CC=CC1. The molecule has 0 aromatic rings. The van der Waals surface area contributed by atoms with Crippen molar-refractivity contribution in [2.45, 2.75) is 20.8 Å². The molecule has 0 N–H and O–H groups in total. The first-order chi connectivity index (χ1) is 5.08. The first-order valence-corrected chi connectivity index (χ1v) is 4.15. The molecule has 0 amide bonds. The van der Waals surface area contributed by atoms with Crippen molar-refractivity contribution in [3.8, 4) is 0 Å². The Morgan fingerprint density at radius 3 is 2.45 bits per heavy atom. The van der Waals surface area contributed by atoms with Crippen molar-refractivity contribution in [1.82, 2.24) is 4.90 Å². The third kappa shape index (κ3) is 3.26. The molecule has 0 atom stereocenters. The van der Waals surface area contributed by atoms with E-state index in [1.54, 1.807) is 0 Å². The van der Waals surface area contributed by atoms with Crippen LogP contribution >= 0.6 is 0 Å². The van der Waals surface area contributed by atoms with Gasteiger partial charge in [0.1, 0.15) is 0 Å². The minimum atomic E-state index is 0.398. The summed E-state index contributed by atoms with van der Waals surface area (Å²) >= 11 is 0. The van der Waals surface area contributed by atoms with Crippen molar-refractivity contribution in [3.63, 3.8) is 0 Å². The normalized spacial score (nSPS) is 17.5. The lowest BCUT2D eigenvalue weighted by Crippen LogP contribution is -2.29. The van der Waals surface area contributed by atoms with Gasteiger partial charge in [-0.1, -0.05) is 32.9 Å². The van der Waals surface area contributed by atoms with E-state index in [1.807, 2.05) is 0 Å². The molecule has 62 valence electrons. The summed E-state index contributed by atoms with van der Waals surface area (Å²) in [4.78, 5) is 2.33. The Balaban J connectivity index is 2.39. The smallest absolute Gasteiger partial charge is 0.0357 e. The fraction of sp³-hybridized carbons (Fsp3) is 0.600. The van der Waals surface area contributed by atoms with Gasteiger partial charge in [-0.25, -0.2) is 0 Å². The summed E-state index contributed by atoms with van der Waals surface area (Å²) in [5.41, 5.74) is 0.398. The van der Waals surface area contributed by atoms with Crippen molar-refractivity contribution < 1.29 is 0 Å². The van der Waals surface area contributed by atoms with Crippen LogP contribution in [0.5, 0.6) is 0 Å². The van der Waals surface area contributed by atoms with Gasteiger partial charge in [0.25, 0.3) is 0 Å². The number of rotatable bonds is 1. The van der Waals surface area contributed by atoms with Crippen molar-refractivity contribution in [2.24, 2.45) is 5.41 Å². The van der Waals surface area contributed by atoms with E-state index in [9.17, 15) is 0 Å². The van der Waals surface area contributed by atoms with Crippen LogP contribution in [-0.2, 0) is 0 Å². The van der Waals surface area contributed by atoms with Crippen LogP contribution in [0.15, 0.2) is 24.4 Å². The second-order valence-corrected chi connectivity index (χ2v) is 4.26. The monoisotopic (exact) mass is 151 g/mol. The number of hydrogen-bond acceptors (Lipinski definition) is 1. The molecule has 1 aliphatic rings. The molecule has 1 nitrogen and oxygen atoms in total. The molecule has 0 aromatic heterocycles. The average Bonchev–Trinajstić information content (AvgIpc) is 1.85. The molecule has 1 aliphatic heterocycles. The lowest BCUT2D eigenvalue weighted by Gasteiger charge is -2.28. The quantitative estimate of drug-likeness (QED) is 0.556. The van der Waals surface area contributed by atoms with E-state index in [4.69, 9.17) is 0 Å². The van der Waals surface area contributed by atoms with E-state index in [0.29, 0.717) is 5.41 Å². The maximum Gasteiger partial charge on any atom is 0.0357 e. The second-order valence-electron chi connectivity index (χ2n) is 4.26. The highest BCUT2D eigenvalue weighted by Gasteiger charge is 2.13. The number of nitrogens with zero attached hydrogens (tertiary/aromatic N) is 1. The average molecular weight is 151 g/mol. The summed E-state index contributed by atoms with van der Waals surface area (Å²) in [5, 5.41) is 0. The van der Waals surface area contributed by atoms with Crippen LogP contribution in [0.1, 0.15) is 20.8 Å². The second kappa shape index (κ2) is 3.12. The van der Waals surface area contributed by atoms with Crippen LogP contribution in [0.2, 0.25) is 0 Å². The molecule has 0 aromatic carbocycles. The zero-order valence-corrected chi connectivity index (χ0v) is 7.67. The topological polar surface area (TPSA) is 3.24 Å². The van der Waals surface area contributed by atoms with E-state index in [-0.39, 0.29) is 0 Å². The molecule has 1 rings (SSSR count). The van der Waals surface area contributed by atoms with Gasteiger partial charge in [-0.15, -0.1) is 0 Å². The van der Waals surface area contributed by atoms with Crippen molar-refractivity contribution in [2.75, 3.05) is 13.1 Å². The first kappa shape index (κ1) is 8.38. The molecule has 0 unspecified atom stereocenters. The third-order valence-electron chi connectivity index (χ3n) is 1.56. The highest BCUT2D eigenvalue weighted by atomic mass is 15.1. The van der Waals surface area contributed by atoms with Gasteiger partial charge in [0, 0.05) is 13.1 Å². The molecule has 0 bridgehead atoms. The molecule has 1 heteroatoms. The third-order valence-corrected chi connectivity index (χ3v) is 1.56. The summed E-state index contributed by atoms with van der Waals surface area (Å²) in [6, 6.07) is 0. The van der Waals surface area contributed by atoms with Crippen molar-refractivity contribution in [3.05, 3.63) is 24.4 Å². The molecular formula is C10H17N.